The van der Waals surface area contributed by atoms with E-state index in [0.717, 1.165) is 0 Å². The summed E-state index contributed by atoms with van der Waals surface area (Å²) in [6.07, 6.45) is 0. The first-order valence-corrected chi connectivity index (χ1v) is 7.67. The maximum Gasteiger partial charge on any atom is 0.324 e. The Hall–Kier alpha value is -0.860. The van der Waals surface area contributed by atoms with Crippen LogP contribution >= 0.6 is 23.2 Å². The van der Waals surface area contributed by atoms with Crippen molar-refractivity contribution in [2.75, 3.05) is 6.61 Å². The molecule has 3 N–H and O–H groups in total. The summed E-state index contributed by atoms with van der Waals surface area (Å²) in [6.45, 7) is 2.15. The number of aliphatic carboxylic acids is 1. The number of benzene rings is 1. The van der Waals surface area contributed by atoms with Crippen molar-refractivity contribution in [3.8, 4) is 0 Å². The van der Waals surface area contributed by atoms with Crippen LogP contribution in [0.4, 0.5) is 0 Å². The minimum absolute atomic E-state index is 0.0403. The highest BCUT2D eigenvalue weighted by molar-refractivity contribution is 7.89. The van der Waals surface area contributed by atoms with Crippen LogP contribution in [-0.2, 0) is 14.8 Å². The molecule has 1 atom stereocenters. The van der Waals surface area contributed by atoms with Crippen molar-refractivity contribution in [3.63, 3.8) is 0 Å². The average Bonchev–Trinajstić information content (AvgIpc) is 2.33. The maximum absolute atomic E-state index is 12.2. The van der Waals surface area contributed by atoms with Crippen molar-refractivity contribution in [3.05, 3.63) is 27.2 Å². The SMILES string of the molecule is Cc1cc(Cl)c(C)c(S(=O)(=O)N[C@@H](CO)C(=O)O)c1Cl. The van der Waals surface area contributed by atoms with Gasteiger partial charge in [0.25, 0.3) is 0 Å². The molecule has 6 nitrogen and oxygen atoms in total. The van der Waals surface area contributed by atoms with Crippen LogP contribution in [0.2, 0.25) is 10.0 Å². The first-order valence-electron chi connectivity index (χ1n) is 5.43. The highest BCUT2D eigenvalue weighted by Crippen LogP contribution is 2.33. The van der Waals surface area contributed by atoms with Crippen molar-refractivity contribution >= 4 is 39.2 Å². The van der Waals surface area contributed by atoms with Gasteiger partial charge in [-0.15, -0.1) is 0 Å². The zero-order valence-electron chi connectivity index (χ0n) is 10.6. The first-order chi connectivity index (χ1) is 9.11. The zero-order chi connectivity index (χ0) is 15.7. The number of hydrogen-bond acceptors (Lipinski definition) is 4. The lowest BCUT2D eigenvalue weighted by Gasteiger charge is -2.16. The molecular formula is C11H13Cl2NO5S. The van der Waals surface area contributed by atoms with Gasteiger partial charge in [-0.3, -0.25) is 4.79 Å². The Balaban J connectivity index is 3.40. The Bertz CT molecular complexity index is 618. The summed E-state index contributed by atoms with van der Waals surface area (Å²) in [5, 5.41) is 17.8. The van der Waals surface area contributed by atoms with Gasteiger partial charge in [0.05, 0.1) is 11.6 Å². The molecule has 0 unspecified atom stereocenters. The third-order valence-electron chi connectivity index (χ3n) is 2.63. The van der Waals surface area contributed by atoms with E-state index in [-0.39, 0.29) is 20.5 Å². The fourth-order valence-electron chi connectivity index (χ4n) is 1.55. The number of sulfonamides is 1. The molecule has 0 radical (unpaired) electrons. The van der Waals surface area contributed by atoms with Gasteiger partial charge < -0.3 is 10.2 Å². The largest absolute Gasteiger partial charge is 0.480 e. The Kier molecular flexibility index (Phi) is 5.39. The molecule has 9 heteroatoms. The van der Waals surface area contributed by atoms with Gasteiger partial charge in [-0.05, 0) is 31.0 Å². The third kappa shape index (κ3) is 3.42. The maximum atomic E-state index is 12.2. The molecule has 0 saturated carbocycles. The Morgan fingerprint density at radius 3 is 2.40 bits per heavy atom. The number of halogens is 2. The van der Waals surface area contributed by atoms with Crippen molar-refractivity contribution in [1.29, 1.82) is 0 Å². The molecular weight excluding hydrogens is 329 g/mol. The standard InChI is InChI=1S/C11H13Cl2NO5S/c1-5-3-7(12)6(2)10(9(5)13)20(18,19)14-8(4-15)11(16)17/h3,8,14-15H,4H2,1-2H3,(H,16,17)/t8-/m0/s1. The van der Waals surface area contributed by atoms with E-state index in [4.69, 9.17) is 33.4 Å². The highest BCUT2D eigenvalue weighted by atomic mass is 35.5. The summed E-state index contributed by atoms with van der Waals surface area (Å²) in [6, 6.07) is -0.145. The molecule has 0 amide bonds. The molecule has 0 bridgehead atoms. The number of nitrogens with one attached hydrogen (secondary N) is 1. The molecule has 0 spiro atoms. The van der Waals surface area contributed by atoms with Gasteiger partial charge >= 0.3 is 5.97 Å². The minimum Gasteiger partial charge on any atom is -0.480 e. The van der Waals surface area contributed by atoms with Crippen molar-refractivity contribution < 1.29 is 23.4 Å². The monoisotopic (exact) mass is 341 g/mol. The molecule has 1 aromatic rings. The van der Waals surface area contributed by atoms with Gasteiger partial charge in [0.2, 0.25) is 10.0 Å². The van der Waals surface area contributed by atoms with Gasteiger partial charge in [-0.2, -0.15) is 4.72 Å². The van der Waals surface area contributed by atoms with Gasteiger partial charge in [0.15, 0.2) is 0 Å². The molecule has 112 valence electrons. The van der Waals surface area contributed by atoms with Crippen LogP contribution in [0.3, 0.4) is 0 Å². The van der Waals surface area contributed by atoms with Crippen molar-refractivity contribution in [2.45, 2.75) is 24.8 Å². The Labute approximate surface area is 126 Å². The topological polar surface area (TPSA) is 104 Å². The molecule has 1 rings (SSSR count). The second-order valence-corrected chi connectivity index (χ2v) is 6.57. The first kappa shape index (κ1) is 17.2. The quantitative estimate of drug-likeness (QED) is 0.749. The average molecular weight is 342 g/mol. The number of carboxylic acid groups (broad SMARTS) is 1. The molecule has 0 aliphatic rings. The third-order valence-corrected chi connectivity index (χ3v) is 5.27. The number of hydrogen-bond donors (Lipinski definition) is 3. The van der Waals surface area contributed by atoms with Crippen LogP contribution in [0, 0.1) is 13.8 Å². The van der Waals surface area contributed by atoms with E-state index in [2.05, 4.69) is 0 Å². The van der Waals surface area contributed by atoms with E-state index >= 15 is 0 Å². The number of carboxylic acids is 1. The van der Waals surface area contributed by atoms with E-state index in [1.807, 2.05) is 4.72 Å². The fraction of sp³-hybridized carbons (Fsp3) is 0.364. The molecule has 0 fully saturated rings. The number of carbonyl (C=O) groups is 1. The van der Waals surface area contributed by atoms with Crippen LogP contribution in [-0.4, -0.2) is 37.2 Å². The number of aryl methyl sites for hydroxylation is 1. The van der Waals surface area contributed by atoms with Crippen molar-refractivity contribution in [1.82, 2.24) is 4.72 Å². The van der Waals surface area contributed by atoms with Crippen LogP contribution in [0.15, 0.2) is 11.0 Å². The number of aliphatic hydroxyl groups is 1. The summed E-state index contributed by atoms with van der Waals surface area (Å²) in [5.41, 5.74) is 0.648. The molecule has 1 aromatic carbocycles. The van der Waals surface area contributed by atoms with Crippen LogP contribution in [0.25, 0.3) is 0 Å². The summed E-state index contributed by atoms with van der Waals surface area (Å²) in [7, 11) is -4.23. The molecule has 0 aliphatic carbocycles. The van der Waals surface area contributed by atoms with Crippen LogP contribution in [0.1, 0.15) is 11.1 Å². The van der Waals surface area contributed by atoms with E-state index in [1.165, 1.54) is 13.0 Å². The molecule has 0 aromatic heterocycles. The van der Waals surface area contributed by atoms with E-state index in [9.17, 15) is 13.2 Å². The van der Waals surface area contributed by atoms with Gasteiger partial charge in [-0.1, -0.05) is 23.2 Å². The lowest BCUT2D eigenvalue weighted by atomic mass is 10.2. The fourth-order valence-corrected chi connectivity index (χ4v) is 3.94. The Morgan fingerprint density at radius 2 is 1.95 bits per heavy atom. The second kappa shape index (κ2) is 6.28. The predicted octanol–water partition coefficient (Wildman–Crippen LogP) is 1.33. The normalized spacial score (nSPS) is 13.2. The lowest BCUT2D eigenvalue weighted by Crippen LogP contribution is -2.43. The highest BCUT2D eigenvalue weighted by Gasteiger charge is 2.29. The van der Waals surface area contributed by atoms with Crippen LogP contribution in [0.5, 0.6) is 0 Å². The van der Waals surface area contributed by atoms with Gasteiger partial charge in [0.1, 0.15) is 10.9 Å². The van der Waals surface area contributed by atoms with E-state index in [1.54, 1.807) is 6.92 Å². The van der Waals surface area contributed by atoms with Crippen molar-refractivity contribution in [2.24, 2.45) is 0 Å². The van der Waals surface area contributed by atoms with E-state index in [0.29, 0.717) is 5.56 Å². The van der Waals surface area contributed by atoms with Crippen LogP contribution < -0.4 is 4.72 Å². The Morgan fingerprint density at radius 1 is 1.40 bits per heavy atom. The zero-order valence-corrected chi connectivity index (χ0v) is 13.0. The van der Waals surface area contributed by atoms with E-state index < -0.39 is 28.6 Å². The van der Waals surface area contributed by atoms with Gasteiger partial charge in [0, 0.05) is 5.02 Å². The second-order valence-electron chi connectivity index (χ2n) is 4.14. The lowest BCUT2D eigenvalue weighted by molar-refractivity contribution is -0.139. The summed E-state index contributed by atoms with van der Waals surface area (Å²) < 4.78 is 26.3. The molecule has 20 heavy (non-hydrogen) atoms. The molecule has 0 aliphatic heterocycles. The minimum atomic E-state index is -4.23. The summed E-state index contributed by atoms with van der Waals surface area (Å²) in [4.78, 5) is 10.5. The predicted molar refractivity (Wildman–Crippen MR) is 74.8 cm³/mol. The van der Waals surface area contributed by atoms with Gasteiger partial charge in [-0.25, -0.2) is 8.42 Å². The summed E-state index contributed by atoms with van der Waals surface area (Å²) in [5.74, 6) is -1.50. The summed E-state index contributed by atoms with van der Waals surface area (Å²) >= 11 is 11.9. The number of aliphatic hydroxyl groups excluding tert-OH is 1. The smallest absolute Gasteiger partial charge is 0.324 e. The number of rotatable bonds is 5. The molecule has 0 heterocycles. The molecule has 0 saturated heterocycles.